The molecule has 19 heavy (non-hydrogen) atoms. The van der Waals surface area contributed by atoms with Crippen LogP contribution in [0.15, 0.2) is 42.5 Å². The largest absolute Gasteiger partial charge is 0.493 e. The van der Waals surface area contributed by atoms with Crippen molar-refractivity contribution >= 4 is 5.69 Å². The maximum Gasteiger partial charge on any atom is 0.162 e. The van der Waals surface area contributed by atoms with Crippen LogP contribution in [0.2, 0.25) is 0 Å². The van der Waals surface area contributed by atoms with Crippen molar-refractivity contribution < 1.29 is 9.47 Å². The first-order chi connectivity index (χ1) is 9.24. The number of nitrogens with zero attached hydrogens (tertiary/aromatic N) is 1. The maximum absolute atomic E-state index is 8.83. The molecule has 0 saturated carbocycles. The zero-order valence-electron chi connectivity index (χ0n) is 10.6. The van der Waals surface area contributed by atoms with Gasteiger partial charge in [-0.05, 0) is 18.2 Å². The lowest BCUT2D eigenvalue weighted by atomic mass is 10.2. The molecule has 0 unspecified atom stereocenters. The third-order valence-electron chi connectivity index (χ3n) is 2.73. The van der Waals surface area contributed by atoms with E-state index in [-0.39, 0.29) is 0 Å². The second kappa shape index (κ2) is 5.78. The Balaban J connectivity index is 2.16. The van der Waals surface area contributed by atoms with E-state index in [4.69, 9.17) is 20.5 Å². The van der Waals surface area contributed by atoms with E-state index in [1.807, 2.05) is 24.3 Å². The molecule has 4 nitrogen and oxygen atoms in total. The number of para-hydroxylation sites is 1. The Kier molecular flexibility index (Phi) is 3.89. The molecule has 0 bridgehead atoms. The molecule has 0 atom stereocenters. The lowest BCUT2D eigenvalue weighted by molar-refractivity contribution is 0.285. The lowest BCUT2D eigenvalue weighted by Crippen LogP contribution is -2.01. The molecule has 96 valence electrons. The summed E-state index contributed by atoms with van der Waals surface area (Å²) in [6.45, 7) is 0.356. The van der Waals surface area contributed by atoms with Gasteiger partial charge < -0.3 is 15.2 Å². The Bertz CT molecular complexity index is 618. The molecule has 0 aliphatic carbocycles. The first-order valence-corrected chi connectivity index (χ1v) is 5.79. The van der Waals surface area contributed by atoms with Crippen LogP contribution in [0.1, 0.15) is 11.1 Å². The fourth-order valence-corrected chi connectivity index (χ4v) is 1.68. The third kappa shape index (κ3) is 2.96. The van der Waals surface area contributed by atoms with Gasteiger partial charge >= 0.3 is 0 Å². The number of nitrogens with two attached hydrogens (primary N) is 1. The smallest absolute Gasteiger partial charge is 0.162 e. The van der Waals surface area contributed by atoms with E-state index in [2.05, 4.69) is 6.07 Å². The normalized spacial score (nSPS) is 9.68. The van der Waals surface area contributed by atoms with E-state index in [0.717, 1.165) is 5.56 Å². The van der Waals surface area contributed by atoms with Gasteiger partial charge in [-0.1, -0.05) is 18.2 Å². The third-order valence-corrected chi connectivity index (χ3v) is 2.73. The zero-order chi connectivity index (χ0) is 13.7. The van der Waals surface area contributed by atoms with E-state index < -0.39 is 0 Å². The fourth-order valence-electron chi connectivity index (χ4n) is 1.68. The Hall–Kier alpha value is -2.67. The number of ether oxygens (including phenoxy) is 2. The second-order valence-corrected chi connectivity index (χ2v) is 3.96. The molecule has 4 heteroatoms. The predicted octanol–water partition coefficient (Wildman–Crippen LogP) is 2.73. The minimum absolute atomic E-state index is 0.356. The van der Waals surface area contributed by atoms with E-state index in [1.165, 1.54) is 0 Å². The number of hydrogen-bond donors (Lipinski definition) is 1. The fraction of sp³-hybridized carbons (Fsp3) is 0.133. The van der Waals surface area contributed by atoms with Gasteiger partial charge in [0.15, 0.2) is 11.5 Å². The van der Waals surface area contributed by atoms with Crippen LogP contribution in [0.4, 0.5) is 5.69 Å². The maximum atomic E-state index is 8.83. The zero-order valence-corrected chi connectivity index (χ0v) is 10.6. The number of nitrogen functional groups attached to an aromatic ring is 1. The summed E-state index contributed by atoms with van der Waals surface area (Å²) in [5.74, 6) is 1.12. The van der Waals surface area contributed by atoms with E-state index in [9.17, 15) is 0 Å². The monoisotopic (exact) mass is 254 g/mol. The molecule has 0 radical (unpaired) electrons. The van der Waals surface area contributed by atoms with Gasteiger partial charge in [-0.15, -0.1) is 0 Å². The van der Waals surface area contributed by atoms with Crippen LogP contribution >= 0.6 is 0 Å². The predicted molar refractivity (Wildman–Crippen MR) is 72.9 cm³/mol. The topological polar surface area (TPSA) is 68.3 Å². The molecule has 0 aliphatic heterocycles. The molecule has 0 fully saturated rings. The van der Waals surface area contributed by atoms with Crippen molar-refractivity contribution in [3.8, 4) is 17.6 Å². The van der Waals surface area contributed by atoms with Gasteiger partial charge in [0, 0.05) is 17.3 Å². The molecule has 2 N–H and O–H groups in total. The van der Waals surface area contributed by atoms with Crippen LogP contribution in [-0.4, -0.2) is 7.11 Å². The van der Waals surface area contributed by atoms with E-state index in [1.54, 1.807) is 25.3 Å². The van der Waals surface area contributed by atoms with Crippen molar-refractivity contribution in [2.24, 2.45) is 0 Å². The van der Waals surface area contributed by atoms with Gasteiger partial charge in [0.25, 0.3) is 0 Å². The Labute approximate surface area is 112 Å². The van der Waals surface area contributed by atoms with Gasteiger partial charge in [0.05, 0.1) is 18.7 Å². The highest BCUT2D eigenvalue weighted by atomic mass is 16.5. The Morgan fingerprint density at radius 3 is 2.63 bits per heavy atom. The van der Waals surface area contributed by atoms with Crippen LogP contribution < -0.4 is 15.2 Å². The highest BCUT2D eigenvalue weighted by Crippen LogP contribution is 2.29. The second-order valence-electron chi connectivity index (χ2n) is 3.96. The number of hydrogen-bond acceptors (Lipinski definition) is 4. The SMILES string of the molecule is COc1cc(C#N)ccc1OCc1ccccc1N. The summed E-state index contributed by atoms with van der Waals surface area (Å²) < 4.78 is 10.9. The Morgan fingerprint density at radius 1 is 1.16 bits per heavy atom. The minimum atomic E-state index is 0.356. The van der Waals surface area contributed by atoms with Gasteiger partial charge in [-0.2, -0.15) is 5.26 Å². The summed E-state index contributed by atoms with van der Waals surface area (Å²) in [4.78, 5) is 0. The molecular weight excluding hydrogens is 240 g/mol. The molecule has 2 aromatic carbocycles. The number of benzene rings is 2. The average Bonchev–Trinajstić information content (AvgIpc) is 2.46. The van der Waals surface area contributed by atoms with Gasteiger partial charge in [-0.3, -0.25) is 0 Å². The van der Waals surface area contributed by atoms with Crippen molar-refractivity contribution in [1.82, 2.24) is 0 Å². The summed E-state index contributed by atoms with van der Waals surface area (Å²) in [5, 5.41) is 8.83. The summed E-state index contributed by atoms with van der Waals surface area (Å²) in [7, 11) is 1.54. The van der Waals surface area contributed by atoms with Gasteiger partial charge in [0.1, 0.15) is 6.61 Å². The van der Waals surface area contributed by atoms with Crippen LogP contribution in [0, 0.1) is 11.3 Å². The van der Waals surface area contributed by atoms with E-state index in [0.29, 0.717) is 29.4 Å². The number of anilines is 1. The van der Waals surface area contributed by atoms with Crippen LogP contribution in [0.25, 0.3) is 0 Å². The number of nitriles is 1. The van der Waals surface area contributed by atoms with Crippen molar-refractivity contribution in [3.05, 3.63) is 53.6 Å². The minimum Gasteiger partial charge on any atom is -0.493 e. The quantitative estimate of drug-likeness (QED) is 0.852. The first-order valence-electron chi connectivity index (χ1n) is 5.79. The number of methoxy groups -OCH3 is 1. The standard InChI is InChI=1S/C15H14N2O2/c1-18-15-8-11(9-16)6-7-14(15)19-10-12-4-2-3-5-13(12)17/h2-8H,10,17H2,1H3. The summed E-state index contributed by atoms with van der Waals surface area (Å²) in [6, 6.07) is 14.6. The first kappa shape index (κ1) is 12.8. The average molecular weight is 254 g/mol. The van der Waals surface area contributed by atoms with E-state index >= 15 is 0 Å². The molecular formula is C15H14N2O2. The molecule has 0 amide bonds. The van der Waals surface area contributed by atoms with Crippen molar-refractivity contribution in [2.75, 3.05) is 12.8 Å². The lowest BCUT2D eigenvalue weighted by Gasteiger charge is -2.11. The van der Waals surface area contributed by atoms with Crippen LogP contribution in [0.3, 0.4) is 0 Å². The molecule has 2 rings (SSSR count). The van der Waals surface area contributed by atoms with Crippen molar-refractivity contribution in [1.29, 1.82) is 5.26 Å². The summed E-state index contributed by atoms with van der Waals surface area (Å²) in [5.41, 5.74) is 7.98. The summed E-state index contributed by atoms with van der Waals surface area (Å²) >= 11 is 0. The van der Waals surface area contributed by atoms with Crippen LogP contribution in [-0.2, 0) is 6.61 Å². The molecule has 2 aromatic rings. The van der Waals surface area contributed by atoms with Gasteiger partial charge in [-0.25, -0.2) is 0 Å². The molecule has 0 spiro atoms. The summed E-state index contributed by atoms with van der Waals surface area (Å²) in [6.07, 6.45) is 0. The van der Waals surface area contributed by atoms with Crippen molar-refractivity contribution in [2.45, 2.75) is 6.61 Å². The number of rotatable bonds is 4. The van der Waals surface area contributed by atoms with Crippen molar-refractivity contribution in [3.63, 3.8) is 0 Å². The van der Waals surface area contributed by atoms with Gasteiger partial charge in [0.2, 0.25) is 0 Å². The highest BCUT2D eigenvalue weighted by Gasteiger charge is 2.07. The molecule has 0 saturated heterocycles. The van der Waals surface area contributed by atoms with Crippen LogP contribution in [0.5, 0.6) is 11.5 Å². The highest BCUT2D eigenvalue weighted by molar-refractivity contribution is 5.48. The molecule has 0 aromatic heterocycles. The Morgan fingerprint density at radius 2 is 1.95 bits per heavy atom. The molecule has 0 heterocycles. The molecule has 0 aliphatic rings.